The third kappa shape index (κ3) is 4.53. The number of nitriles is 1. The van der Waals surface area contributed by atoms with Gasteiger partial charge in [-0.25, -0.2) is 8.78 Å². The first-order chi connectivity index (χ1) is 9.43. The standard InChI is InChI=1S/C12H13F2N5O/c1-7-2-3-8(10(4-7)20-6-11(13)14)18-19-9(5-15)12(16)17/h2-4,11,18H,6H2,1H3,(H3,16,17)/b19-9+. The smallest absolute Gasteiger partial charge is 0.272 e. The van der Waals surface area contributed by atoms with Crippen molar-refractivity contribution in [1.29, 1.82) is 10.7 Å². The van der Waals surface area contributed by atoms with Crippen LogP contribution in [-0.4, -0.2) is 24.6 Å². The largest absolute Gasteiger partial charge is 0.485 e. The molecule has 0 spiro atoms. The van der Waals surface area contributed by atoms with Crippen LogP contribution < -0.4 is 15.9 Å². The molecule has 8 heteroatoms. The molecule has 1 aromatic rings. The van der Waals surface area contributed by atoms with Gasteiger partial charge in [-0.2, -0.15) is 10.4 Å². The molecule has 0 aliphatic heterocycles. The molecule has 0 saturated heterocycles. The summed E-state index contributed by atoms with van der Waals surface area (Å²) in [4.78, 5) is 0. The quantitative estimate of drug-likeness (QED) is 0.420. The van der Waals surface area contributed by atoms with Crippen molar-refractivity contribution < 1.29 is 13.5 Å². The van der Waals surface area contributed by atoms with Crippen molar-refractivity contribution in [2.24, 2.45) is 10.8 Å². The molecule has 1 rings (SSSR count). The van der Waals surface area contributed by atoms with Gasteiger partial charge < -0.3 is 10.5 Å². The van der Waals surface area contributed by atoms with Crippen molar-refractivity contribution in [2.75, 3.05) is 12.0 Å². The lowest BCUT2D eigenvalue weighted by molar-refractivity contribution is 0.0822. The maximum atomic E-state index is 12.2. The summed E-state index contributed by atoms with van der Waals surface area (Å²) >= 11 is 0. The molecule has 0 aliphatic rings. The maximum Gasteiger partial charge on any atom is 0.272 e. The van der Waals surface area contributed by atoms with E-state index in [1.807, 2.05) is 0 Å². The third-order valence-electron chi connectivity index (χ3n) is 2.15. The van der Waals surface area contributed by atoms with Crippen LogP contribution in [0.1, 0.15) is 5.56 Å². The van der Waals surface area contributed by atoms with Crippen LogP contribution in [0.3, 0.4) is 0 Å². The van der Waals surface area contributed by atoms with Crippen LogP contribution in [0.15, 0.2) is 23.3 Å². The molecule has 4 N–H and O–H groups in total. The second kappa shape index (κ2) is 7.04. The van der Waals surface area contributed by atoms with Crippen LogP contribution in [0.4, 0.5) is 14.5 Å². The van der Waals surface area contributed by atoms with Gasteiger partial charge >= 0.3 is 0 Å². The van der Waals surface area contributed by atoms with Crippen LogP contribution in [0.5, 0.6) is 5.75 Å². The first-order valence-electron chi connectivity index (χ1n) is 5.54. The van der Waals surface area contributed by atoms with Gasteiger partial charge in [0.1, 0.15) is 18.4 Å². The number of ether oxygens (including phenoxy) is 1. The van der Waals surface area contributed by atoms with E-state index in [1.54, 1.807) is 31.2 Å². The van der Waals surface area contributed by atoms with Gasteiger partial charge in [-0.3, -0.25) is 10.8 Å². The van der Waals surface area contributed by atoms with Crippen molar-refractivity contribution in [3.63, 3.8) is 0 Å². The molecule has 0 bridgehead atoms. The highest BCUT2D eigenvalue weighted by Crippen LogP contribution is 2.26. The molecule has 0 amide bonds. The van der Waals surface area contributed by atoms with Crippen molar-refractivity contribution in [1.82, 2.24) is 0 Å². The van der Waals surface area contributed by atoms with Crippen molar-refractivity contribution in [3.05, 3.63) is 23.8 Å². The van der Waals surface area contributed by atoms with E-state index >= 15 is 0 Å². The number of hydrogen-bond donors (Lipinski definition) is 3. The van der Waals surface area contributed by atoms with E-state index in [4.69, 9.17) is 21.1 Å². The predicted octanol–water partition coefficient (Wildman–Crippen LogP) is 1.87. The van der Waals surface area contributed by atoms with E-state index in [-0.39, 0.29) is 11.5 Å². The van der Waals surface area contributed by atoms with E-state index in [0.717, 1.165) is 5.56 Å². The Kier molecular flexibility index (Phi) is 5.41. The number of nitrogens with one attached hydrogen (secondary N) is 2. The Morgan fingerprint density at radius 3 is 2.85 bits per heavy atom. The lowest BCUT2D eigenvalue weighted by Gasteiger charge is -2.11. The van der Waals surface area contributed by atoms with E-state index in [2.05, 4.69) is 10.5 Å². The number of rotatable bonds is 6. The summed E-state index contributed by atoms with van der Waals surface area (Å²) in [5.41, 5.74) is 8.40. The van der Waals surface area contributed by atoms with Crippen LogP contribution >= 0.6 is 0 Å². The van der Waals surface area contributed by atoms with Gasteiger partial charge in [0, 0.05) is 0 Å². The van der Waals surface area contributed by atoms with E-state index < -0.39 is 18.9 Å². The Hall–Kier alpha value is -2.69. The molecule has 0 heterocycles. The molecule has 20 heavy (non-hydrogen) atoms. The van der Waals surface area contributed by atoms with Gasteiger partial charge in [-0.15, -0.1) is 0 Å². The summed E-state index contributed by atoms with van der Waals surface area (Å²) in [6.45, 7) is 1.03. The van der Waals surface area contributed by atoms with Gasteiger partial charge in [0.15, 0.2) is 5.84 Å². The fourth-order valence-electron chi connectivity index (χ4n) is 1.26. The first kappa shape index (κ1) is 15.4. The fourth-order valence-corrected chi connectivity index (χ4v) is 1.26. The summed E-state index contributed by atoms with van der Waals surface area (Å²) in [5.74, 6) is -0.322. The number of aryl methyl sites for hydroxylation is 1. The highest BCUT2D eigenvalue weighted by atomic mass is 19.3. The normalized spacial score (nSPS) is 11.1. The van der Waals surface area contributed by atoms with Gasteiger partial charge in [-0.1, -0.05) is 6.07 Å². The number of nitrogens with zero attached hydrogens (tertiary/aromatic N) is 2. The molecule has 6 nitrogen and oxygen atoms in total. The average Bonchev–Trinajstić information content (AvgIpc) is 2.38. The van der Waals surface area contributed by atoms with Gasteiger partial charge in [0.25, 0.3) is 6.43 Å². The summed E-state index contributed by atoms with van der Waals surface area (Å²) in [6.07, 6.45) is -2.60. The fraction of sp³-hybridized carbons (Fsp3) is 0.250. The SMILES string of the molecule is Cc1ccc(N/N=C(\C#N)C(=N)N)c(OCC(F)F)c1. The van der Waals surface area contributed by atoms with E-state index in [1.165, 1.54) is 0 Å². The van der Waals surface area contributed by atoms with Crippen LogP contribution in [0.2, 0.25) is 0 Å². The van der Waals surface area contributed by atoms with Crippen molar-refractivity contribution in [2.45, 2.75) is 13.3 Å². The molecule has 1 aromatic carbocycles. The van der Waals surface area contributed by atoms with Crippen molar-refractivity contribution >= 4 is 17.2 Å². The van der Waals surface area contributed by atoms with Crippen LogP contribution in [0.25, 0.3) is 0 Å². The van der Waals surface area contributed by atoms with Gasteiger partial charge in [0.2, 0.25) is 5.71 Å². The second-order valence-electron chi connectivity index (χ2n) is 3.80. The molecule has 0 unspecified atom stereocenters. The number of hydrazone groups is 1. The number of hydrogen-bond acceptors (Lipinski definition) is 5. The van der Waals surface area contributed by atoms with Crippen molar-refractivity contribution in [3.8, 4) is 11.8 Å². The zero-order valence-electron chi connectivity index (χ0n) is 10.7. The Morgan fingerprint density at radius 1 is 1.60 bits per heavy atom. The third-order valence-corrected chi connectivity index (χ3v) is 2.15. The average molecular weight is 281 g/mol. The second-order valence-corrected chi connectivity index (χ2v) is 3.80. The topological polar surface area (TPSA) is 107 Å². The monoisotopic (exact) mass is 281 g/mol. The molecule has 0 atom stereocenters. The van der Waals surface area contributed by atoms with E-state index in [9.17, 15) is 8.78 Å². The highest BCUT2D eigenvalue weighted by Gasteiger charge is 2.09. The van der Waals surface area contributed by atoms with Gasteiger partial charge in [-0.05, 0) is 24.6 Å². The molecule has 0 radical (unpaired) electrons. The number of nitrogens with two attached hydrogens (primary N) is 1. The number of amidine groups is 1. The molecular formula is C12H13F2N5O. The Balaban J connectivity index is 2.94. The number of alkyl halides is 2. The molecule has 0 saturated carbocycles. The number of benzene rings is 1. The molecule has 0 aliphatic carbocycles. The molecular weight excluding hydrogens is 268 g/mol. The summed E-state index contributed by atoms with van der Waals surface area (Å²) < 4.78 is 29.3. The van der Waals surface area contributed by atoms with E-state index in [0.29, 0.717) is 5.69 Å². The molecule has 0 fully saturated rings. The molecule has 0 aromatic heterocycles. The Labute approximate surface area is 114 Å². The maximum absolute atomic E-state index is 12.2. The summed E-state index contributed by atoms with van der Waals surface area (Å²) in [5, 5.41) is 19.4. The van der Waals surface area contributed by atoms with Gasteiger partial charge in [0.05, 0.1) is 5.69 Å². The first-order valence-corrected chi connectivity index (χ1v) is 5.54. The summed E-state index contributed by atoms with van der Waals surface area (Å²) in [6, 6.07) is 6.46. The lowest BCUT2D eigenvalue weighted by Crippen LogP contribution is -2.22. The lowest BCUT2D eigenvalue weighted by atomic mass is 10.2. The van der Waals surface area contributed by atoms with Crippen LogP contribution in [0, 0.1) is 23.7 Å². The minimum atomic E-state index is -2.60. The minimum absolute atomic E-state index is 0.176. The zero-order chi connectivity index (χ0) is 15.1. The number of halogens is 2. The summed E-state index contributed by atoms with van der Waals surface area (Å²) in [7, 11) is 0. The predicted molar refractivity (Wildman–Crippen MR) is 71.3 cm³/mol. The zero-order valence-corrected chi connectivity index (χ0v) is 10.7. The molecule has 106 valence electrons. The minimum Gasteiger partial charge on any atom is -0.485 e. The van der Waals surface area contributed by atoms with Crippen LogP contribution in [-0.2, 0) is 0 Å². The number of anilines is 1. The highest BCUT2D eigenvalue weighted by molar-refractivity contribution is 6.45. The Morgan fingerprint density at radius 2 is 2.30 bits per heavy atom. The Bertz CT molecular complexity index is 565.